The van der Waals surface area contributed by atoms with Gasteiger partial charge in [-0.15, -0.1) is 11.8 Å². The summed E-state index contributed by atoms with van der Waals surface area (Å²) in [6.45, 7) is 6.13. The van der Waals surface area contributed by atoms with Crippen LogP contribution in [0.3, 0.4) is 0 Å². The molecule has 4 aliphatic heterocycles. The molecule has 4 rings (SSSR count). The number of nitrogens with one attached hydrogen (secondary N) is 1. The molecule has 0 bridgehead atoms. The molecule has 18 nitrogen and oxygen atoms in total. The van der Waals surface area contributed by atoms with E-state index in [1.165, 1.54) is 25.6 Å². The highest BCUT2D eigenvalue weighted by Gasteiger charge is 2.55. The van der Waals surface area contributed by atoms with Gasteiger partial charge in [0.25, 0.3) is 0 Å². The first-order valence-corrected chi connectivity index (χ1v) is 18.4. The number of aliphatic hydroxyl groups excluding tert-OH is 10. The van der Waals surface area contributed by atoms with Crippen LogP contribution < -0.4 is 5.32 Å². The van der Waals surface area contributed by atoms with Crippen LogP contribution in [0.1, 0.15) is 47.0 Å². The topological polar surface area (TPSA) is 279 Å². The molecule has 19 heteroatoms. The Labute approximate surface area is 295 Å². The van der Waals surface area contributed by atoms with E-state index in [1.54, 1.807) is 0 Å². The second-order valence-corrected chi connectivity index (χ2v) is 14.6. The zero-order chi connectivity index (χ0) is 36.9. The molecule has 0 spiro atoms. The fraction of sp³-hybridized carbons (Fsp3) is 1.00. The summed E-state index contributed by atoms with van der Waals surface area (Å²) >= 11 is 1.46. The van der Waals surface area contributed by atoms with Gasteiger partial charge in [0.15, 0.2) is 25.2 Å². The smallest absolute Gasteiger partial charge is 0.187 e. The predicted octanol–water partition coefficient (Wildman–Crippen LogP) is -3.94. The molecular formula is C31H57NO17S. The molecule has 4 fully saturated rings. The van der Waals surface area contributed by atoms with Gasteiger partial charge in [-0.1, -0.05) is 27.2 Å². The summed E-state index contributed by atoms with van der Waals surface area (Å²) in [6, 6.07) is -0.693. The van der Waals surface area contributed by atoms with Gasteiger partial charge >= 0.3 is 0 Å². The van der Waals surface area contributed by atoms with Crippen molar-refractivity contribution in [2.45, 2.75) is 163 Å². The summed E-state index contributed by atoms with van der Waals surface area (Å²) in [5.41, 5.74) is -0.620. The highest BCUT2D eigenvalue weighted by molar-refractivity contribution is 7.99. The van der Waals surface area contributed by atoms with Crippen molar-refractivity contribution in [1.29, 1.82) is 0 Å². The van der Waals surface area contributed by atoms with E-state index in [0.29, 0.717) is 12.3 Å². The summed E-state index contributed by atoms with van der Waals surface area (Å²) in [4.78, 5) is 0. The predicted molar refractivity (Wildman–Crippen MR) is 172 cm³/mol. The maximum absolute atomic E-state index is 11.2. The van der Waals surface area contributed by atoms with E-state index in [0.717, 1.165) is 19.3 Å². The van der Waals surface area contributed by atoms with Gasteiger partial charge in [-0.2, -0.15) is 0 Å². The van der Waals surface area contributed by atoms with Crippen molar-refractivity contribution in [2.24, 2.45) is 5.92 Å². The Hall–Kier alpha value is -0.370. The SMILES string of the molecule is CCCCN[C@H]1C(O[C@@H]2OC(C)[C@@H](O)C(O)[C@H]2O)[C@H](O[C@@H]2OC(CO)[C@H](O)[C@H](O)[C@H]2O[C@@H]2OC(O)[C@H](O)[C@H](O)C2C)C(CO)O[C@H]1SCCC. The van der Waals surface area contributed by atoms with E-state index in [1.807, 2.05) is 13.8 Å². The average molecular weight is 748 g/mol. The van der Waals surface area contributed by atoms with E-state index in [2.05, 4.69) is 5.32 Å². The molecule has 4 aliphatic rings. The molecule has 0 aromatic heterocycles. The minimum absolute atomic E-state index is 0.506. The summed E-state index contributed by atoms with van der Waals surface area (Å²) in [7, 11) is 0. The molecule has 0 radical (unpaired) electrons. The van der Waals surface area contributed by atoms with Crippen LogP contribution in [-0.2, 0) is 33.2 Å². The first-order chi connectivity index (χ1) is 23.8. The lowest BCUT2D eigenvalue weighted by Gasteiger charge is -2.51. The van der Waals surface area contributed by atoms with Gasteiger partial charge in [-0.3, -0.25) is 0 Å². The fourth-order valence-electron chi connectivity index (χ4n) is 6.45. The molecule has 0 aliphatic carbocycles. The maximum Gasteiger partial charge on any atom is 0.187 e. The average Bonchev–Trinajstić information content (AvgIpc) is 3.10. The Morgan fingerprint density at radius 2 is 1.26 bits per heavy atom. The van der Waals surface area contributed by atoms with Gasteiger partial charge in [-0.25, -0.2) is 0 Å². The van der Waals surface area contributed by atoms with Crippen molar-refractivity contribution in [3.63, 3.8) is 0 Å². The molecular weight excluding hydrogens is 690 g/mol. The lowest BCUT2D eigenvalue weighted by Crippen LogP contribution is -2.69. The Bertz CT molecular complexity index is 1010. The zero-order valence-electron chi connectivity index (χ0n) is 28.7. The summed E-state index contributed by atoms with van der Waals surface area (Å²) in [6.07, 6.45) is -22.8. The lowest BCUT2D eigenvalue weighted by atomic mass is 9.94. The number of rotatable bonds is 15. The summed E-state index contributed by atoms with van der Waals surface area (Å²) in [5, 5.41) is 109. The lowest BCUT2D eigenvalue weighted by molar-refractivity contribution is -0.392. The van der Waals surface area contributed by atoms with Crippen LogP contribution >= 0.6 is 11.8 Å². The molecule has 294 valence electrons. The van der Waals surface area contributed by atoms with Crippen molar-refractivity contribution < 1.29 is 84.2 Å². The quantitative estimate of drug-likeness (QED) is 0.0714. The monoisotopic (exact) mass is 747 g/mol. The third kappa shape index (κ3) is 9.46. The van der Waals surface area contributed by atoms with Gasteiger partial charge < -0.3 is 89.5 Å². The van der Waals surface area contributed by atoms with Gasteiger partial charge in [0.2, 0.25) is 0 Å². The standard InChI is InChI=1S/C31H57NO17S/c1-5-7-8-32-16-25(47-29-23(41)20(38)18(36)13(4)43-29)24(15(11-34)45-31(16)50-9-6-2)46-30-26(21(39)19(37)14(10-33)44-30)48-28-12(3)17(35)22(40)27(42)49-28/h12-42H,5-11H2,1-4H3/t12?,13?,14?,15?,16-,17+,18+,19-,20?,21-,22+,23+,24+,25?,26+,27?,28+,29-,30-,31-/m0/s1. The molecule has 4 heterocycles. The Balaban J connectivity index is 1.71. The third-order valence-electron chi connectivity index (χ3n) is 9.61. The molecule has 50 heavy (non-hydrogen) atoms. The van der Waals surface area contributed by atoms with E-state index in [-0.39, 0.29) is 0 Å². The van der Waals surface area contributed by atoms with Crippen molar-refractivity contribution in [3.05, 3.63) is 0 Å². The van der Waals surface area contributed by atoms with Crippen molar-refractivity contribution in [2.75, 3.05) is 25.5 Å². The molecule has 0 amide bonds. The Kier molecular flexibility index (Phi) is 16.3. The van der Waals surface area contributed by atoms with Crippen LogP contribution in [-0.4, -0.2) is 193 Å². The largest absolute Gasteiger partial charge is 0.394 e. The number of thioether (sulfide) groups is 1. The molecule has 0 aromatic carbocycles. The van der Waals surface area contributed by atoms with Crippen molar-refractivity contribution in [3.8, 4) is 0 Å². The minimum Gasteiger partial charge on any atom is -0.394 e. The van der Waals surface area contributed by atoms with Gasteiger partial charge in [-0.05, 0) is 32.1 Å². The van der Waals surface area contributed by atoms with Crippen LogP contribution in [0.4, 0.5) is 0 Å². The zero-order valence-corrected chi connectivity index (χ0v) is 29.6. The second-order valence-electron chi connectivity index (χ2n) is 13.4. The molecule has 11 N–H and O–H groups in total. The van der Waals surface area contributed by atoms with E-state index < -0.39 is 135 Å². The van der Waals surface area contributed by atoms with Crippen molar-refractivity contribution in [1.82, 2.24) is 5.32 Å². The number of ether oxygens (including phenoxy) is 7. The van der Waals surface area contributed by atoms with Crippen LogP contribution in [0.15, 0.2) is 0 Å². The molecule has 0 aromatic rings. The minimum atomic E-state index is -1.85. The normalized spacial score (nSPS) is 48.8. The van der Waals surface area contributed by atoms with Gasteiger partial charge in [0, 0.05) is 5.92 Å². The van der Waals surface area contributed by atoms with Crippen molar-refractivity contribution >= 4 is 11.8 Å². The Morgan fingerprint density at radius 3 is 1.90 bits per heavy atom. The van der Waals surface area contributed by atoms with E-state index >= 15 is 0 Å². The molecule has 0 saturated carbocycles. The van der Waals surface area contributed by atoms with Gasteiger partial charge in [0.1, 0.15) is 72.6 Å². The summed E-state index contributed by atoms with van der Waals surface area (Å²) in [5.74, 6) is -0.279. The first-order valence-electron chi connectivity index (χ1n) is 17.4. The van der Waals surface area contributed by atoms with Crippen LogP contribution in [0.2, 0.25) is 0 Å². The molecule has 20 atom stereocenters. The number of unbranched alkanes of at least 4 members (excludes halogenated alkanes) is 1. The molecule has 4 saturated heterocycles. The first kappa shape index (κ1) is 42.4. The van der Waals surface area contributed by atoms with Crippen LogP contribution in [0.5, 0.6) is 0 Å². The Morgan fingerprint density at radius 1 is 0.600 bits per heavy atom. The number of hydrogen-bond donors (Lipinski definition) is 11. The fourth-order valence-corrected chi connectivity index (χ4v) is 7.60. The maximum atomic E-state index is 11.2. The van der Waals surface area contributed by atoms with Gasteiger partial charge in [0.05, 0.1) is 31.5 Å². The van der Waals surface area contributed by atoms with Crippen LogP contribution in [0, 0.1) is 5.92 Å². The van der Waals surface area contributed by atoms with E-state index in [4.69, 9.17) is 33.2 Å². The summed E-state index contributed by atoms with van der Waals surface area (Å²) < 4.78 is 42.2. The third-order valence-corrected chi connectivity index (χ3v) is 11.0. The molecule has 7 unspecified atom stereocenters. The van der Waals surface area contributed by atoms with Crippen LogP contribution in [0.25, 0.3) is 0 Å². The highest BCUT2D eigenvalue weighted by Crippen LogP contribution is 2.38. The number of hydrogen-bond acceptors (Lipinski definition) is 19. The highest BCUT2D eigenvalue weighted by atomic mass is 32.2. The number of aliphatic hydroxyl groups is 10. The second kappa shape index (κ2) is 19.3. The van der Waals surface area contributed by atoms with E-state index in [9.17, 15) is 51.1 Å².